The molecule has 0 spiro atoms. The molecular weight excluding hydrogens is 192 g/mol. The molecule has 0 fully saturated rings. The summed E-state index contributed by atoms with van der Waals surface area (Å²) >= 11 is 1.82. The Kier molecular flexibility index (Phi) is 8.05. The van der Waals surface area contributed by atoms with Crippen molar-refractivity contribution in [3.63, 3.8) is 0 Å². The van der Waals surface area contributed by atoms with Crippen LogP contribution in [-0.4, -0.2) is 48.6 Å². The van der Waals surface area contributed by atoms with Crippen LogP contribution in [0.1, 0.15) is 32.6 Å². The highest BCUT2D eigenvalue weighted by atomic mass is 32.2. The van der Waals surface area contributed by atoms with E-state index in [-0.39, 0.29) is 0 Å². The van der Waals surface area contributed by atoms with E-state index < -0.39 is 0 Å². The molecule has 0 saturated carbocycles. The molecule has 0 aliphatic rings. The predicted octanol–water partition coefficient (Wildman–Crippen LogP) is 2.49. The molecule has 0 unspecified atom stereocenters. The van der Waals surface area contributed by atoms with Crippen molar-refractivity contribution in [1.82, 2.24) is 4.90 Å². The van der Waals surface area contributed by atoms with Gasteiger partial charge in [0.2, 0.25) is 0 Å². The molecule has 0 aromatic carbocycles. The van der Waals surface area contributed by atoms with Gasteiger partial charge in [-0.1, -0.05) is 19.8 Å². The molecule has 0 rings (SSSR count). The van der Waals surface area contributed by atoms with Gasteiger partial charge < -0.3 is 0 Å². The molecule has 84 valence electrons. The van der Waals surface area contributed by atoms with Crippen LogP contribution < -0.4 is 0 Å². The Balaban J connectivity index is 3.82. The maximum absolute atomic E-state index is 2.35. The summed E-state index contributed by atoms with van der Waals surface area (Å²) in [6.45, 7) is 3.43. The molecule has 0 aromatic heterocycles. The van der Waals surface area contributed by atoms with Crippen molar-refractivity contribution in [2.24, 2.45) is 0 Å². The third-order valence-electron chi connectivity index (χ3n) is 2.24. The zero-order valence-electron chi connectivity index (χ0n) is 10.3. The summed E-state index contributed by atoms with van der Waals surface area (Å²) < 4.78 is 2.19. The Bertz CT molecular complexity index is 174. The average molecular weight is 217 g/mol. The smallest absolute Gasteiger partial charge is 0.262 e. The number of amidine groups is 1. The maximum atomic E-state index is 2.35. The molecule has 0 aromatic rings. The largest absolute Gasteiger partial charge is 0.307 e. The molecule has 2 nitrogen and oxygen atoms in total. The second-order valence-corrected chi connectivity index (χ2v) is 4.64. The number of thioether (sulfide) groups is 1. The molecule has 0 amide bonds. The first-order valence-corrected chi connectivity index (χ1v) is 6.65. The minimum atomic E-state index is 1.17. The maximum Gasteiger partial charge on any atom is 0.307 e. The Morgan fingerprint density at radius 1 is 1.21 bits per heavy atom. The van der Waals surface area contributed by atoms with Crippen molar-refractivity contribution in [2.45, 2.75) is 32.6 Å². The van der Waals surface area contributed by atoms with Gasteiger partial charge in [0.1, 0.15) is 0 Å². The van der Waals surface area contributed by atoms with E-state index in [1.54, 1.807) is 0 Å². The fourth-order valence-corrected chi connectivity index (χ4v) is 2.32. The Hall–Kier alpha value is -0.180. The molecule has 0 N–H and O–H groups in total. The van der Waals surface area contributed by atoms with Gasteiger partial charge in [-0.25, -0.2) is 0 Å². The van der Waals surface area contributed by atoms with E-state index in [0.29, 0.717) is 0 Å². The van der Waals surface area contributed by atoms with E-state index in [0.717, 1.165) is 0 Å². The van der Waals surface area contributed by atoms with E-state index in [9.17, 15) is 0 Å². The van der Waals surface area contributed by atoms with Crippen molar-refractivity contribution < 1.29 is 4.58 Å². The highest BCUT2D eigenvalue weighted by Gasteiger charge is 2.13. The minimum Gasteiger partial charge on any atom is -0.262 e. The van der Waals surface area contributed by atoms with Crippen LogP contribution in [0.2, 0.25) is 0 Å². The Morgan fingerprint density at radius 3 is 2.29 bits per heavy atom. The topological polar surface area (TPSA) is 6.25 Å². The molecule has 3 heteroatoms. The van der Waals surface area contributed by atoms with Crippen molar-refractivity contribution in [3.8, 4) is 0 Å². The summed E-state index contributed by atoms with van der Waals surface area (Å²) in [5, 5.41) is 1.35. The lowest BCUT2D eigenvalue weighted by molar-refractivity contribution is -0.466. The first kappa shape index (κ1) is 13.8. The van der Waals surface area contributed by atoms with Crippen molar-refractivity contribution in [2.75, 3.05) is 33.9 Å². The van der Waals surface area contributed by atoms with Gasteiger partial charge in [-0.15, -0.1) is 0 Å². The van der Waals surface area contributed by atoms with E-state index in [4.69, 9.17) is 0 Å². The van der Waals surface area contributed by atoms with Crippen molar-refractivity contribution in [3.05, 3.63) is 0 Å². The van der Waals surface area contributed by atoms with Crippen molar-refractivity contribution in [1.29, 1.82) is 0 Å². The van der Waals surface area contributed by atoms with E-state index in [2.05, 4.69) is 43.8 Å². The summed E-state index contributed by atoms with van der Waals surface area (Å²) in [6, 6.07) is 0. The van der Waals surface area contributed by atoms with Crippen LogP contribution in [0.4, 0.5) is 0 Å². The lowest BCUT2D eigenvalue weighted by atomic mass is 10.2. The van der Waals surface area contributed by atoms with Gasteiger partial charge in [0, 0.05) is 0 Å². The van der Waals surface area contributed by atoms with Gasteiger partial charge >= 0.3 is 5.17 Å². The second-order valence-electron chi connectivity index (χ2n) is 3.86. The molecule has 0 saturated heterocycles. The average Bonchev–Trinajstić information content (AvgIpc) is 2.13. The fraction of sp³-hybridized carbons (Fsp3) is 0.909. The van der Waals surface area contributed by atoms with E-state index in [1.807, 2.05) is 11.8 Å². The molecule has 0 aliphatic carbocycles. The van der Waals surface area contributed by atoms with Crippen LogP contribution in [-0.2, 0) is 0 Å². The molecule has 0 bridgehead atoms. The second kappa shape index (κ2) is 8.16. The summed E-state index contributed by atoms with van der Waals surface area (Å²) in [6.07, 6.45) is 7.48. The first-order chi connectivity index (χ1) is 6.63. The number of hydrogen-bond donors (Lipinski definition) is 0. The summed E-state index contributed by atoms with van der Waals surface area (Å²) in [5.41, 5.74) is 0. The van der Waals surface area contributed by atoms with Gasteiger partial charge in [-0.05, 0) is 30.9 Å². The molecular formula is C11H25N2S+. The lowest BCUT2D eigenvalue weighted by Gasteiger charge is -2.13. The van der Waals surface area contributed by atoms with Gasteiger partial charge in [0.05, 0.1) is 27.7 Å². The predicted molar refractivity (Wildman–Crippen MR) is 67.4 cm³/mol. The number of rotatable bonds is 5. The SMILES string of the molecule is CCCCCCN(C)C(SC)=[N+](C)C. The summed E-state index contributed by atoms with van der Waals surface area (Å²) in [5.74, 6) is 0. The summed E-state index contributed by atoms with van der Waals surface area (Å²) in [4.78, 5) is 2.35. The van der Waals surface area contributed by atoms with Crippen LogP contribution in [0.25, 0.3) is 0 Å². The quantitative estimate of drug-likeness (QED) is 0.302. The standard InChI is InChI=1S/C11H25N2S/c1-6-7-8-9-10-13(4)11(14-5)12(2)3/h6-10H2,1-5H3/q+1. The monoisotopic (exact) mass is 217 g/mol. The minimum absolute atomic E-state index is 1.17. The van der Waals surface area contributed by atoms with Gasteiger partial charge in [0.15, 0.2) is 0 Å². The molecule has 0 radical (unpaired) electrons. The van der Waals surface area contributed by atoms with Crippen LogP contribution in [0.15, 0.2) is 0 Å². The fourth-order valence-electron chi connectivity index (χ4n) is 1.55. The Morgan fingerprint density at radius 2 is 1.86 bits per heavy atom. The third-order valence-corrected chi connectivity index (χ3v) is 3.28. The molecule has 14 heavy (non-hydrogen) atoms. The molecule has 0 aliphatic heterocycles. The molecule has 0 heterocycles. The molecule has 0 atom stereocenters. The zero-order chi connectivity index (χ0) is 11.0. The Labute approximate surface area is 93.4 Å². The number of unbranched alkanes of at least 4 members (excludes halogenated alkanes) is 3. The summed E-state index contributed by atoms with van der Waals surface area (Å²) in [7, 11) is 6.39. The first-order valence-electron chi connectivity index (χ1n) is 5.42. The van der Waals surface area contributed by atoms with Gasteiger partial charge in [-0.3, -0.25) is 9.48 Å². The van der Waals surface area contributed by atoms with E-state index in [1.165, 1.54) is 37.4 Å². The van der Waals surface area contributed by atoms with Gasteiger partial charge in [-0.2, -0.15) is 0 Å². The van der Waals surface area contributed by atoms with Crippen LogP contribution in [0.5, 0.6) is 0 Å². The third kappa shape index (κ3) is 5.53. The van der Waals surface area contributed by atoms with Crippen molar-refractivity contribution >= 4 is 16.9 Å². The van der Waals surface area contributed by atoms with Gasteiger partial charge in [0.25, 0.3) is 0 Å². The number of nitrogens with zero attached hydrogens (tertiary/aromatic N) is 2. The zero-order valence-corrected chi connectivity index (χ0v) is 11.2. The lowest BCUT2D eigenvalue weighted by Crippen LogP contribution is -2.31. The van der Waals surface area contributed by atoms with E-state index >= 15 is 0 Å². The van der Waals surface area contributed by atoms with Crippen LogP contribution in [0, 0.1) is 0 Å². The highest BCUT2D eigenvalue weighted by Crippen LogP contribution is 2.05. The number of hydrogen-bond acceptors (Lipinski definition) is 1. The van der Waals surface area contributed by atoms with Crippen LogP contribution >= 0.6 is 11.8 Å². The van der Waals surface area contributed by atoms with Crippen LogP contribution in [0.3, 0.4) is 0 Å². The highest BCUT2D eigenvalue weighted by molar-refractivity contribution is 8.12. The normalized spacial score (nSPS) is 10.1.